The van der Waals surface area contributed by atoms with Gasteiger partial charge in [-0.05, 0) is 17.2 Å². The first-order valence-corrected chi connectivity index (χ1v) is 6.71. The van der Waals surface area contributed by atoms with Gasteiger partial charge >= 0.3 is 0 Å². The van der Waals surface area contributed by atoms with Gasteiger partial charge in [0.1, 0.15) is 11.8 Å². The van der Waals surface area contributed by atoms with Gasteiger partial charge in [-0.1, -0.05) is 42.5 Å². The lowest BCUT2D eigenvalue weighted by Crippen LogP contribution is -2.22. The molecule has 4 heteroatoms. The van der Waals surface area contributed by atoms with Crippen molar-refractivity contribution in [3.63, 3.8) is 0 Å². The van der Waals surface area contributed by atoms with E-state index >= 15 is 0 Å². The van der Waals surface area contributed by atoms with Crippen LogP contribution in [-0.2, 0) is 13.2 Å². The molecular weight excluding hydrogens is 266 g/mol. The molecule has 2 aromatic carbocycles. The number of hydrogen-bond acceptors (Lipinski definition) is 3. The van der Waals surface area contributed by atoms with Crippen molar-refractivity contribution in [3.8, 4) is 0 Å². The first-order chi connectivity index (χ1) is 10.3. The lowest BCUT2D eigenvalue weighted by atomic mass is 10.1. The maximum Gasteiger partial charge on any atom is 0.255 e. The lowest BCUT2D eigenvalue weighted by Gasteiger charge is -2.05. The Bertz CT molecular complexity index is 759. The average Bonchev–Trinajstić information content (AvgIpc) is 2.97. The standard InChI is InChI=1S/C17H15NO3/c19-10-13-7-5-12(6-8-13)9-18-17(20)15-11-21-16-4-2-1-3-14(15)16/h1-8,11,19H,9-10H2,(H,18,20). The zero-order valence-electron chi connectivity index (χ0n) is 11.4. The molecule has 3 rings (SSSR count). The van der Waals surface area contributed by atoms with E-state index in [1.807, 2.05) is 48.5 Å². The van der Waals surface area contributed by atoms with E-state index in [1.54, 1.807) is 0 Å². The van der Waals surface area contributed by atoms with E-state index in [2.05, 4.69) is 5.32 Å². The van der Waals surface area contributed by atoms with Gasteiger partial charge in [0.2, 0.25) is 0 Å². The van der Waals surface area contributed by atoms with E-state index < -0.39 is 0 Å². The second-order valence-corrected chi connectivity index (χ2v) is 4.80. The molecule has 0 aliphatic rings. The molecule has 4 nitrogen and oxygen atoms in total. The number of rotatable bonds is 4. The molecular formula is C17H15NO3. The van der Waals surface area contributed by atoms with Gasteiger partial charge in [-0.15, -0.1) is 0 Å². The molecule has 0 aliphatic carbocycles. The number of carbonyl (C=O) groups is 1. The van der Waals surface area contributed by atoms with Crippen molar-refractivity contribution in [2.75, 3.05) is 0 Å². The van der Waals surface area contributed by atoms with E-state index in [9.17, 15) is 4.79 Å². The quantitative estimate of drug-likeness (QED) is 0.773. The molecule has 0 saturated heterocycles. The van der Waals surface area contributed by atoms with Crippen LogP contribution in [0.25, 0.3) is 11.0 Å². The third kappa shape index (κ3) is 2.80. The predicted octanol–water partition coefficient (Wildman–Crippen LogP) is 2.86. The Balaban J connectivity index is 1.71. The zero-order valence-corrected chi connectivity index (χ0v) is 11.4. The van der Waals surface area contributed by atoms with Gasteiger partial charge < -0.3 is 14.8 Å². The molecule has 0 unspecified atom stereocenters. The van der Waals surface area contributed by atoms with Crippen LogP contribution < -0.4 is 5.32 Å². The number of fused-ring (bicyclic) bond motifs is 1. The fraction of sp³-hybridized carbons (Fsp3) is 0.118. The average molecular weight is 281 g/mol. The third-order valence-corrected chi connectivity index (χ3v) is 3.38. The Morgan fingerprint density at radius 2 is 1.76 bits per heavy atom. The Morgan fingerprint density at radius 1 is 1.05 bits per heavy atom. The van der Waals surface area contributed by atoms with Gasteiger partial charge in [-0.25, -0.2) is 0 Å². The van der Waals surface area contributed by atoms with Crippen molar-refractivity contribution in [2.45, 2.75) is 13.2 Å². The van der Waals surface area contributed by atoms with Gasteiger partial charge in [0.05, 0.1) is 12.2 Å². The lowest BCUT2D eigenvalue weighted by molar-refractivity contribution is 0.0951. The number of para-hydroxylation sites is 1. The van der Waals surface area contributed by atoms with E-state index in [-0.39, 0.29) is 12.5 Å². The van der Waals surface area contributed by atoms with Crippen LogP contribution >= 0.6 is 0 Å². The summed E-state index contributed by atoms with van der Waals surface area (Å²) in [6, 6.07) is 14.9. The van der Waals surface area contributed by atoms with Crippen LogP contribution in [0.4, 0.5) is 0 Å². The maximum absolute atomic E-state index is 12.2. The number of amides is 1. The van der Waals surface area contributed by atoms with E-state index in [0.717, 1.165) is 16.5 Å². The van der Waals surface area contributed by atoms with Crippen molar-refractivity contribution in [1.29, 1.82) is 0 Å². The van der Waals surface area contributed by atoms with Crippen LogP contribution in [0.3, 0.4) is 0 Å². The summed E-state index contributed by atoms with van der Waals surface area (Å²) >= 11 is 0. The summed E-state index contributed by atoms with van der Waals surface area (Å²) < 4.78 is 5.36. The molecule has 0 bridgehead atoms. The molecule has 0 fully saturated rings. The molecule has 0 saturated carbocycles. The molecule has 0 atom stereocenters. The van der Waals surface area contributed by atoms with Gasteiger partial charge in [0, 0.05) is 11.9 Å². The van der Waals surface area contributed by atoms with Crippen molar-refractivity contribution in [1.82, 2.24) is 5.32 Å². The van der Waals surface area contributed by atoms with Crippen LogP contribution in [0.15, 0.2) is 59.2 Å². The molecule has 21 heavy (non-hydrogen) atoms. The minimum Gasteiger partial charge on any atom is -0.463 e. The Hall–Kier alpha value is -2.59. The molecule has 0 aliphatic heterocycles. The summed E-state index contributed by atoms with van der Waals surface area (Å²) in [4.78, 5) is 12.2. The Morgan fingerprint density at radius 3 is 2.52 bits per heavy atom. The molecule has 3 aromatic rings. The van der Waals surface area contributed by atoms with Crippen molar-refractivity contribution in [2.24, 2.45) is 0 Å². The normalized spacial score (nSPS) is 10.7. The van der Waals surface area contributed by atoms with Crippen LogP contribution in [0.5, 0.6) is 0 Å². The maximum atomic E-state index is 12.2. The number of aliphatic hydroxyl groups excluding tert-OH is 1. The van der Waals surface area contributed by atoms with Crippen LogP contribution in [0.2, 0.25) is 0 Å². The summed E-state index contributed by atoms with van der Waals surface area (Å²) in [5, 5.41) is 12.7. The number of aliphatic hydroxyl groups is 1. The largest absolute Gasteiger partial charge is 0.463 e. The Kier molecular flexibility index (Phi) is 3.71. The summed E-state index contributed by atoms with van der Waals surface area (Å²) in [5.41, 5.74) is 3.08. The van der Waals surface area contributed by atoms with Gasteiger partial charge in [0.25, 0.3) is 5.91 Å². The summed E-state index contributed by atoms with van der Waals surface area (Å²) in [6.45, 7) is 0.456. The molecule has 106 valence electrons. The number of furan rings is 1. The smallest absolute Gasteiger partial charge is 0.255 e. The molecule has 0 radical (unpaired) electrons. The van der Waals surface area contributed by atoms with Crippen molar-refractivity contribution < 1.29 is 14.3 Å². The molecule has 1 heterocycles. The number of hydrogen-bond donors (Lipinski definition) is 2. The fourth-order valence-corrected chi connectivity index (χ4v) is 2.19. The number of carbonyl (C=O) groups excluding carboxylic acids is 1. The molecule has 0 spiro atoms. The minimum absolute atomic E-state index is 0.0215. The monoisotopic (exact) mass is 281 g/mol. The van der Waals surface area contributed by atoms with Crippen LogP contribution in [0.1, 0.15) is 21.5 Å². The van der Waals surface area contributed by atoms with Gasteiger partial charge in [-0.3, -0.25) is 4.79 Å². The zero-order chi connectivity index (χ0) is 14.7. The van der Waals surface area contributed by atoms with E-state index in [0.29, 0.717) is 17.7 Å². The van der Waals surface area contributed by atoms with Gasteiger partial charge in [-0.2, -0.15) is 0 Å². The fourth-order valence-electron chi connectivity index (χ4n) is 2.19. The highest BCUT2D eigenvalue weighted by molar-refractivity contribution is 6.05. The highest BCUT2D eigenvalue weighted by atomic mass is 16.3. The third-order valence-electron chi connectivity index (χ3n) is 3.38. The highest BCUT2D eigenvalue weighted by Gasteiger charge is 2.12. The topological polar surface area (TPSA) is 62.5 Å². The molecule has 2 N–H and O–H groups in total. The van der Waals surface area contributed by atoms with E-state index in [4.69, 9.17) is 9.52 Å². The molecule has 1 aromatic heterocycles. The second kappa shape index (κ2) is 5.81. The number of benzene rings is 2. The number of nitrogens with one attached hydrogen (secondary N) is 1. The van der Waals surface area contributed by atoms with Gasteiger partial charge in [0.15, 0.2) is 0 Å². The second-order valence-electron chi connectivity index (χ2n) is 4.80. The van der Waals surface area contributed by atoms with Crippen molar-refractivity contribution in [3.05, 3.63) is 71.5 Å². The minimum atomic E-state index is -0.161. The summed E-state index contributed by atoms with van der Waals surface area (Å²) in [7, 11) is 0. The first-order valence-electron chi connectivity index (χ1n) is 6.71. The highest BCUT2D eigenvalue weighted by Crippen LogP contribution is 2.20. The summed E-state index contributed by atoms with van der Waals surface area (Å²) in [6.07, 6.45) is 1.48. The summed E-state index contributed by atoms with van der Waals surface area (Å²) in [5.74, 6) is -0.161. The SMILES string of the molecule is O=C(NCc1ccc(CO)cc1)c1coc2ccccc12. The van der Waals surface area contributed by atoms with Crippen LogP contribution in [-0.4, -0.2) is 11.0 Å². The van der Waals surface area contributed by atoms with Crippen LogP contribution in [0, 0.1) is 0 Å². The Labute approximate surface area is 122 Å². The molecule has 1 amide bonds. The first kappa shape index (κ1) is 13.4. The van der Waals surface area contributed by atoms with E-state index in [1.165, 1.54) is 6.26 Å². The van der Waals surface area contributed by atoms with Crippen molar-refractivity contribution >= 4 is 16.9 Å². The predicted molar refractivity (Wildman–Crippen MR) is 79.7 cm³/mol.